The number of carboxylic acid groups (broad SMARTS) is 1. The Morgan fingerprint density at radius 2 is 1.79 bits per heavy atom. The number of aliphatic hydroxyl groups excluding tert-OH is 1. The van der Waals surface area contributed by atoms with Crippen molar-refractivity contribution in [3.05, 3.63) is 99.2 Å². The van der Waals surface area contributed by atoms with Crippen LogP contribution in [0, 0.1) is 6.92 Å². The number of hydrogen-bond acceptors (Lipinski definition) is 5. The fourth-order valence-electron chi connectivity index (χ4n) is 4.06. The van der Waals surface area contributed by atoms with Gasteiger partial charge in [0.25, 0.3) is 5.56 Å². The van der Waals surface area contributed by atoms with E-state index in [0.29, 0.717) is 12.0 Å². The van der Waals surface area contributed by atoms with Gasteiger partial charge in [0.15, 0.2) is 0 Å². The third-order valence-corrected chi connectivity index (χ3v) is 5.88. The molecular weight excluding hydrogens is 424 g/mol. The van der Waals surface area contributed by atoms with Crippen LogP contribution in [0.25, 0.3) is 5.69 Å². The van der Waals surface area contributed by atoms with E-state index in [4.69, 9.17) is 9.47 Å². The zero-order chi connectivity index (χ0) is 23.5. The minimum atomic E-state index is -1.21. The molecule has 0 bridgehead atoms. The number of aromatic nitrogens is 2. The summed E-state index contributed by atoms with van der Waals surface area (Å²) in [6, 6.07) is 16.6. The first kappa shape index (κ1) is 22.6. The standard InChI is InChI=1S/C25H26N2O6/c1-16-23(24(29)27(26(16)2)20-6-4-3-5-7-20)19-12-21(25(30)31)33-22(13-19)32-15-18-10-8-17(14-28)9-11-18/h3-12,19,22,28H,13-15H2,1-2H3,(H,30,31). The number of allylic oxidation sites excluding steroid dienone is 1. The minimum absolute atomic E-state index is 0.0434. The van der Waals surface area contributed by atoms with Gasteiger partial charge in [-0.25, -0.2) is 9.48 Å². The molecule has 0 saturated carbocycles. The Bertz CT molecular complexity index is 1220. The average Bonchev–Trinajstić information content (AvgIpc) is 3.06. The number of carboxylic acids is 1. The normalized spacial score (nSPS) is 18.0. The predicted molar refractivity (Wildman–Crippen MR) is 121 cm³/mol. The third kappa shape index (κ3) is 4.62. The molecule has 1 aliphatic heterocycles. The fourth-order valence-corrected chi connectivity index (χ4v) is 4.06. The van der Waals surface area contributed by atoms with Gasteiger partial charge in [-0.1, -0.05) is 42.5 Å². The Morgan fingerprint density at radius 1 is 1.12 bits per heavy atom. The van der Waals surface area contributed by atoms with Gasteiger partial charge >= 0.3 is 5.97 Å². The maximum Gasteiger partial charge on any atom is 0.370 e. The summed E-state index contributed by atoms with van der Waals surface area (Å²) in [5, 5.41) is 18.8. The van der Waals surface area contributed by atoms with Crippen molar-refractivity contribution in [2.75, 3.05) is 0 Å². The molecule has 8 heteroatoms. The van der Waals surface area contributed by atoms with Gasteiger partial charge in [0.05, 0.1) is 18.9 Å². The second-order valence-corrected chi connectivity index (χ2v) is 7.99. The summed E-state index contributed by atoms with van der Waals surface area (Å²) in [6.07, 6.45) is 0.963. The maximum atomic E-state index is 13.4. The van der Waals surface area contributed by atoms with E-state index in [9.17, 15) is 19.8 Å². The van der Waals surface area contributed by atoms with Crippen molar-refractivity contribution >= 4 is 5.97 Å². The first-order valence-corrected chi connectivity index (χ1v) is 10.6. The largest absolute Gasteiger partial charge is 0.475 e. The van der Waals surface area contributed by atoms with Crippen LogP contribution in [0.3, 0.4) is 0 Å². The fraction of sp³-hybridized carbons (Fsp3) is 0.280. The maximum absolute atomic E-state index is 13.4. The molecule has 2 N–H and O–H groups in total. The van der Waals surface area contributed by atoms with Crippen LogP contribution in [0.5, 0.6) is 0 Å². The second-order valence-electron chi connectivity index (χ2n) is 7.99. The monoisotopic (exact) mass is 450 g/mol. The van der Waals surface area contributed by atoms with Gasteiger partial charge in [-0.05, 0) is 36.3 Å². The lowest BCUT2D eigenvalue weighted by Gasteiger charge is -2.28. The van der Waals surface area contributed by atoms with Gasteiger partial charge < -0.3 is 19.7 Å². The Balaban J connectivity index is 1.62. The highest BCUT2D eigenvalue weighted by molar-refractivity contribution is 5.84. The van der Waals surface area contributed by atoms with Crippen molar-refractivity contribution in [3.63, 3.8) is 0 Å². The lowest BCUT2D eigenvalue weighted by molar-refractivity contribution is -0.160. The summed E-state index contributed by atoms with van der Waals surface area (Å²) in [5.41, 5.74) is 3.44. The Hall–Kier alpha value is -3.62. The molecule has 8 nitrogen and oxygen atoms in total. The number of rotatable bonds is 7. The topological polar surface area (TPSA) is 103 Å². The van der Waals surface area contributed by atoms with Gasteiger partial charge in [0, 0.05) is 30.6 Å². The zero-order valence-electron chi connectivity index (χ0n) is 18.5. The average molecular weight is 450 g/mol. The molecule has 0 radical (unpaired) electrons. The van der Waals surface area contributed by atoms with Crippen LogP contribution in [-0.4, -0.2) is 31.8 Å². The van der Waals surface area contributed by atoms with Gasteiger partial charge in [-0.15, -0.1) is 0 Å². The lowest BCUT2D eigenvalue weighted by Crippen LogP contribution is -2.29. The van der Waals surface area contributed by atoms with Crippen LogP contribution in [-0.2, 0) is 34.5 Å². The van der Waals surface area contributed by atoms with Gasteiger partial charge in [-0.3, -0.25) is 9.48 Å². The Morgan fingerprint density at radius 3 is 2.42 bits per heavy atom. The smallest absolute Gasteiger partial charge is 0.370 e. The van der Waals surface area contributed by atoms with Gasteiger partial charge in [-0.2, -0.15) is 0 Å². The molecule has 0 fully saturated rings. The van der Waals surface area contributed by atoms with Crippen molar-refractivity contribution in [1.29, 1.82) is 0 Å². The van der Waals surface area contributed by atoms with Crippen molar-refractivity contribution in [2.45, 2.75) is 38.8 Å². The second kappa shape index (κ2) is 9.48. The van der Waals surface area contributed by atoms with Crippen LogP contribution in [0.15, 0.2) is 71.2 Å². The number of hydrogen-bond donors (Lipinski definition) is 2. The minimum Gasteiger partial charge on any atom is -0.475 e. The molecule has 2 heterocycles. The lowest BCUT2D eigenvalue weighted by atomic mass is 9.93. The van der Waals surface area contributed by atoms with Gasteiger partial charge in [0.2, 0.25) is 12.0 Å². The first-order valence-electron chi connectivity index (χ1n) is 10.6. The molecule has 0 aliphatic carbocycles. The Labute approximate surface area is 190 Å². The molecule has 0 spiro atoms. The predicted octanol–water partition coefficient (Wildman–Crippen LogP) is 2.99. The molecule has 33 heavy (non-hydrogen) atoms. The molecule has 0 saturated heterocycles. The zero-order valence-corrected chi connectivity index (χ0v) is 18.5. The van der Waals surface area contributed by atoms with Crippen molar-refractivity contribution in [2.24, 2.45) is 7.05 Å². The van der Waals surface area contributed by atoms with E-state index in [1.54, 1.807) is 28.5 Å². The van der Waals surface area contributed by atoms with E-state index in [1.807, 2.05) is 49.4 Å². The van der Waals surface area contributed by atoms with Crippen molar-refractivity contribution in [3.8, 4) is 5.69 Å². The Kier molecular flexibility index (Phi) is 6.48. The summed E-state index contributed by atoms with van der Waals surface area (Å²) >= 11 is 0. The van der Waals surface area contributed by atoms with E-state index in [0.717, 1.165) is 22.5 Å². The van der Waals surface area contributed by atoms with Crippen LogP contribution in [0.1, 0.15) is 34.7 Å². The molecule has 2 aromatic carbocycles. The molecule has 2 atom stereocenters. The highest BCUT2D eigenvalue weighted by Gasteiger charge is 2.32. The number of aliphatic carboxylic acids is 1. The number of nitrogens with zero attached hydrogens (tertiary/aromatic N) is 2. The van der Waals surface area contributed by atoms with Crippen LogP contribution in [0.2, 0.25) is 0 Å². The van der Waals surface area contributed by atoms with Crippen molar-refractivity contribution < 1.29 is 24.5 Å². The van der Waals surface area contributed by atoms with E-state index in [2.05, 4.69) is 0 Å². The molecule has 1 aliphatic rings. The SMILES string of the molecule is Cc1c(C2C=C(C(=O)O)OC(OCc3ccc(CO)cc3)C2)c(=O)n(-c2ccccc2)n1C. The van der Waals surface area contributed by atoms with E-state index in [-0.39, 0.29) is 24.5 Å². The van der Waals surface area contributed by atoms with Crippen LogP contribution >= 0.6 is 0 Å². The third-order valence-electron chi connectivity index (χ3n) is 5.88. The van der Waals surface area contributed by atoms with Crippen LogP contribution in [0.4, 0.5) is 0 Å². The summed E-state index contributed by atoms with van der Waals surface area (Å²) < 4.78 is 14.8. The summed E-state index contributed by atoms with van der Waals surface area (Å²) in [7, 11) is 1.80. The number of benzene rings is 2. The first-order chi connectivity index (χ1) is 15.9. The molecule has 3 aromatic rings. The molecule has 0 amide bonds. The van der Waals surface area contributed by atoms with E-state index < -0.39 is 18.2 Å². The number of carbonyl (C=O) groups is 1. The highest BCUT2D eigenvalue weighted by Crippen LogP contribution is 2.32. The molecule has 1 aromatic heterocycles. The van der Waals surface area contributed by atoms with Crippen LogP contribution < -0.4 is 5.56 Å². The van der Waals surface area contributed by atoms with Crippen molar-refractivity contribution in [1.82, 2.24) is 9.36 Å². The number of para-hydroxylation sites is 1. The van der Waals surface area contributed by atoms with Gasteiger partial charge in [0.1, 0.15) is 0 Å². The van der Waals surface area contributed by atoms with E-state index in [1.165, 1.54) is 6.08 Å². The highest BCUT2D eigenvalue weighted by atomic mass is 16.7. The summed E-state index contributed by atoms with van der Waals surface area (Å²) in [6.45, 7) is 2.01. The molecule has 4 rings (SSSR count). The molecule has 172 valence electrons. The number of ether oxygens (including phenoxy) is 2. The molecular formula is C25H26N2O6. The summed E-state index contributed by atoms with van der Waals surface area (Å²) in [4.78, 5) is 25.1. The quantitative estimate of drug-likeness (QED) is 0.574. The molecule has 2 unspecified atom stereocenters. The number of aliphatic hydroxyl groups is 1. The summed E-state index contributed by atoms with van der Waals surface area (Å²) in [5.74, 6) is -1.92. The van der Waals surface area contributed by atoms with E-state index >= 15 is 0 Å².